The Morgan fingerprint density at radius 1 is 1.26 bits per heavy atom. The molecule has 0 aliphatic carbocycles. The largest absolute Gasteiger partial charge is 0.325 e. The van der Waals surface area contributed by atoms with Gasteiger partial charge in [0, 0.05) is 12.2 Å². The van der Waals surface area contributed by atoms with Gasteiger partial charge in [0.2, 0.25) is 5.91 Å². The fourth-order valence-electron chi connectivity index (χ4n) is 2.23. The van der Waals surface area contributed by atoms with Crippen molar-refractivity contribution in [3.8, 4) is 0 Å². The van der Waals surface area contributed by atoms with Crippen molar-refractivity contribution in [2.45, 2.75) is 25.8 Å². The van der Waals surface area contributed by atoms with Crippen LogP contribution in [0.1, 0.15) is 20.3 Å². The third kappa shape index (κ3) is 4.72. The molecule has 0 spiro atoms. The minimum absolute atomic E-state index is 0.0580. The van der Waals surface area contributed by atoms with Crippen LogP contribution in [0.3, 0.4) is 0 Å². The van der Waals surface area contributed by atoms with E-state index < -0.39 is 5.54 Å². The van der Waals surface area contributed by atoms with E-state index in [4.69, 9.17) is 0 Å². The van der Waals surface area contributed by atoms with E-state index in [2.05, 4.69) is 10.6 Å². The van der Waals surface area contributed by atoms with E-state index in [0.717, 1.165) is 5.69 Å². The van der Waals surface area contributed by atoms with Crippen molar-refractivity contribution >= 4 is 35.3 Å². The molecule has 0 saturated carbocycles. The van der Waals surface area contributed by atoms with E-state index in [1.165, 1.54) is 16.7 Å². The molecule has 0 aromatic heterocycles. The Labute approximate surface area is 140 Å². The maximum Gasteiger partial charge on any atom is 0.325 e. The van der Waals surface area contributed by atoms with Crippen molar-refractivity contribution < 1.29 is 14.4 Å². The number of para-hydroxylation sites is 1. The van der Waals surface area contributed by atoms with Gasteiger partial charge < -0.3 is 10.6 Å². The highest BCUT2D eigenvalue weighted by Crippen LogP contribution is 2.17. The molecular formula is C16H21N3O3S. The summed E-state index contributed by atoms with van der Waals surface area (Å²) in [6, 6.07) is 8.95. The number of carbonyl (C=O) groups excluding carboxylic acids is 3. The number of nitrogens with zero attached hydrogens (tertiary/aromatic N) is 1. The topological polar surface area (TPSA) is 78.5 Å². The van der Waals surface area contributed by atoms with Crippen molar-refractivity contribution in [1.82, 2.24) is 10.2 Å². The summed E-state index contributed by atoms with van der Waals surface area (Å²) in [6.45, 7) is 3.76. The number of carbonyl (C=O) groups is 3. The van der Waals surface area contributed by atoms with Crippen molar-refractivity contribution in [1.29, 1.82) is 0 Å². The fraction of sp³-hybridized carbons (Fsp3) is 0.438. The van der Waals surface area contributed by atoms with Gasteiger partial charge in [-0.3, -0.25) is 14.5 Å². The van der Waals surface area contributed by atoms with E-state index in [9.17, 15) is 14.4 Å². The zero-order chi connectivity index (χ0) is 16.9. The van der Waals surface area contributed by atoms with Gasteiger partial charge in [-0.25, -0.2) is 4.79 Å². The molecule has 0 radical (unpaired) electrons. The Bertz CT molecular complexity index is 589. The number of anilines is 1. The van der Waals surface area contributed by atoms with Gasteiger partial charge in [0.1, 0.15) is 5.54 Å². The zero-order valence-corrected chi connectivity index (χ0v) is 14.1. The van der Waals surface area contributed by atoms with Gasteiger partial charge in [-0.15, -0.1) is 0 Å². The summed E-state index contributed by atoms with van der Waals surface area (Å²) >= 11 is 1.48. The highest BCUT2D eigenvalue weighted by atomic mass is 32.2. The first-order valence-corrected chi connectivity index (χ1v) is 8.62. The normalized spacial score (nSPS) is 16.3. The molecule has 1 saturated heterocycles. The number of amides is 4. The number of benzene rings is 1. The summed E-state index contributed by atoms with van der Waals surface area (Å²) < 4.78 is 0. The molecule has 1 aromatic rings. The van der Waals surface area contributed by atoms with Crippen LogP contribution in [-0.4, -0.2) is 46.3 Å². The Kier molecular flexibility index (Phi) is 5.65. The molecule has 124 valence electrons. The Balaban J connectivity index is 1.64. The molecule has 1 aliphatic heterocycles. The molecule has 1 heterocycles. The molecule has 6 nitrogen and oxygen atoms in total. The van der Waals surface area contributed by atoms with Crippen LogP contribution in [0, 0.1) is 0 Å². The fourth-order valence-corrected chi connectivity index (χ4v) is 2.96. The predicted octanol–water partition coefficient (Wildman–Crippen LogP) is 2.08. The molecule has 1 aliphatic rings. The first-order chi connectivity index (χ1) is 10.9. The Hall–Kier alpha value is -2.02. The molecule has 2 rings (SSSR count). The van der Waals surface area contributed by atoms with Gasteiger partial charge in [-0.2, -0.15) is 11.8 Å². The minimum atomic E-state index is -0.820. The van der Waals surface area contributed by atoms with Crippen molar-refractivity contribution in [2.24, 2.45) is 0 Å². The summed E-state index contributed by atoms with van der Waals surface area (Å²) in [4.78, 5) is 36.7. The van der Waals surface area contributed by atoms with Crippen molar-refractivity contribution in [3.05, 3.63) is 30.3 Å². The van der Waals surface area contributed by atoms with Crippen LogP contribution in [0.15, 0.2) is 30.3 Å². The molecule has 0 bridgehead atoms. The Morgan fingerprint density at radius 3 is 2.57 bits per heavy atom. The maximum absolute atomic E-state index is 12.0. The molecular weight excluding hydrogens is 314 g/mol. The second-order valence-electron chi connectivity index (χ2n) is 5.83. The number of imide groups is 1. The zero-order valence-electron chi connectivity index (χ0n) is 13.3. The molecule has 0 atom stereocenters. The number of rotatable bonds is 7. The summed E-state index contributed by atoms with van der Waals surface area (Å²) in [7, 11) is 0. The van der Waals surface area contributed by atoms with Gasteiger partial charge in [0.25, 0.3) is 5.91 Å². The third-order valence-electron chi connectivity index (χ3n) is 3.41. The first-order valence-electron chi connectivity index (χ1n) is 7.47. The van der Waals surface area contributed by atoms with Gasteiger partial charge in [-0.05, 0) is 38.2 Å². The highest BCUT2D eigenvalue weighted by Gasteiger charge is 2.43. The molecule has 1 fully saturated rings. The lowest BCUT2D eigenvalue weighted by atomic mass is 10.1. The lowest BCUT2D eigenvalue weighted by Gasteiger charge is -2.15. The molecule has 0 unspecified atom stereocenters. The van der Waals surface area contributed by atoms with Crippen LogP contribution < -0.4 is 10.6 Å². The quantitative estimate of drug-likeness (QED) is 0.591. The number of thioether (sulfide) groups is 1. The SMILES string of the molecule is CC1(C)NC(=O)N(CCCSCC(=O)Nc2ccccc2)C1=O. The number of nitrogens with one attached hydrogen (secondary N) is 2. The average molecular weight is 335 g/mol. The Morgan fingerprint density at radius 2 is 1.96 bits per heavy atom. The molecule has 23 heavy (non-hydrogen) atoms. The van der Waals surface area contributed by atoms with E-state index in [-0.39, 0.29) is 17.8 Å². The molecule has 7 heteroatoms. The van der Waals surface area contributed by atoms with E-state index in [1.807, 2.05) is 30.3 Å². The highest BCUT2D eigenvalue weighted by molar-refractivity contribution is 7.99. The van der Waals surface area contributed by atoms with Crippen molar-refractivity contribution in [2.75, 3.05) is 23.4 Å². The maximum atomic E-state index is 12.0. The predicted molar refractivity (Wildman–Crippen MR) is 91.3 cm³/mol. The molecule has 2 N–H and O–H groups in total. The van der Waals surface area contributed by atoms with Gasteiger partial charge in [0.15, 0.2) is 0 Å². The third-order valence-corrected chi connectivity index (χ3v) is 4.45. The summed E-state index contributed by atoms with van der Waals surface area (Å²) in [6.07, 6.45) is 0.665. The van der Waals surface area contributed by atoms with E-state index in [0.29, 0.717) is 24.5 Å². The van der Waals surface area contributed by atoms with Gasteiger partial charge >= 0.3 is 6.03 Å². The van der Waals surface area contributed by atoms with Crippen LogP contribution >= 0.6 is 11.8 Å². The van der Waals surface area contributed by atoms with Gasteiger partial charge in [-0.1, -0.05) is 18.2 Å². The van der Waals surface area contributed by atoms with Crippen LogP contribution in [0.4, 0.5) is 10.5 Å². The monoisotopic (exact) mass is 335 g/mol. The smallest absolute Gasteiger partial charge is 0.325 e. The van der Waals surface area contributed by atoms with Gasteiger partial charge in [0.05, 0.1) is 5.75 Å². The lowest BCUT2D eigenvalue weighted by Crippen LogP contribution is -2.40. The van der Waals surface area contributed by atoms with Crippen LogP contribution in [0.25, 0.3) is 0 Å². The minimum Gasteiger partial charge on any atom is -0.325 e. The number of hydrogen-bond acceptors (Lipinski definition) is 4. The average Bonchev–Trinajstić information content (AvgIpc) is 2.69. The summed E-state index contributed by atoms with van der Waals surface area (Å²) in [5.41, 5.74) is -0.0422. The molecule has 1 aromatic carbocycles. The number of hydrogen-bond donors (Lipinski definition) is 2. The first kappa shape index (κ1) is 17.3. The molecule has 4 amide bonds. The second kappa shape index (κ2) is 7.50. The summed E-state index contributed by atoms with van der Waals surface area (Å²) in [5.74, 6) is 0.798. The van der Waals surface area contributed by atoms with Crippen LogP contribution in [-0.2, 0) is 9.59 Å². The second-order valence-corrected chi connectivity index (χ2v) is 6.94. The summed E-state index contributed by atoms with van der Waals surface area (Å²) in [5, 5.41) is 5.46. The standard InChI is InChI=1S/C16H21N3O3S/c1-16(2)14(21)19(15(22)18-16)9-6-10-23-11-13(20)17-12-7-4-3-5-8-12/h3-5,7-8H,6,9-11H2,1-2H3,(H,17,20)(H,18,22). The van der Waals surface area contributed by atoms with E-state index in [1.54, 1.807) is 13.8 Å². The van der Waals surface area contributed by atoms with Crippen LogP contribution in [0.5, 0.6) is 0 Å². The lowest BCUT2D eigenvalue weighted by molar-refractivity contribution is -0.130. The van der Waals surface area contributed by atoms with E-state index >= 15 is 0 Å². The van der Waals surface area contributed by atoms with Crippen LogP contribution in [0.2, 0.25) is 0 Å². The number of urea groups is 1. The van der Waals surface area contributed by atoms with Crippen molar-refractivity contribution in [3.63, 3.8) is 0 Å².